The molecule has 156 valence electrons. The number of aliphatic imine (C=N–C) groups is 1. The Bertz CT molecular complexity index is 965. The van der Waals surface area contributed by atoms with Crippen LogP contribution in [-0.4, -0.2) is 33.7 Å². The third kappa shape index (κ3) is 6.07. The number of benzene rings is 2. The molecule has 2 aromatic carbocycles. The minimum Gasteiger partial charge on any atom is -0.357 e. The SMILES string of the molecule is CCNC(=NCc1ccc(S(C)(=O)=O)c(C)c1)NCC1(Cc2ccccc2)CC1. The number of hydrogen-bond donors (Lipinski definition) is 2. The van der Waals surface area contributed by atoms with Crippen molar-refractivity contribution in [1.29, 1.82) is 0 Å². The van der Waals surface area contributed by atoms with Crippen LogP contribution in [0.25, 0.3) is 0 Å². The molecule has 0 aromatic heterocycles. The molecule has 1 aliphatic carbocycles. The summed E-state index contributed by atoms with van der Waals surface area (Å²) in [6.07, 6.45) is 4.80. The van der Waals surface area contributed by atoms with Crippen molar-refractivity contribution >= 4 is 15.8 Å². The van der Waals surface area contributed by atoms with Crippen LogP contribution in [0.5, 0.6) is 0 Å². The van der Waals surface area contributed by atoms with E-state index in [1.54, 1.807) is 6.07 Å². The van der Waals surface area contributed by atoms with E-state index >= 15 is 0 Å². The fourth-order valence-corrected chi connectivity index (χ4v) is 4.59. The molecule has 0 atom stereocenters. The van der Waals surface area contributed by atoms with E-state index in [4.69, 9.17) is 4.99 Å². The van der Waals surface area contributed by atoms with Crippen LogP contribution in [0.15, 0.2) is 58.4 Å². The molecule has 0 heterocycles. The Morgan fingerprint density at radius 1 is 1.07 bits per heavy atom. The number of guanidine groups is 1. The molecule has 1 fully saturated rings. The van der Waals surface area contributed by atoms with Crippen LogP contribution in [0.3, 0.4) is 0 Å². The maximum Gasteiger partial charge on any atom is 0.191 e. The van der Waals surface area contributed by atoms with Gasteiger partial charge in [0.1, 0.15) is 0 Å². The van der Waals surface area contributed by atoms with Gasteiger partial charge in [-0.1, -0.05) is 42.5 Å². The Labute approximate surface area is 174 Å². The average Bonchev–Trinajstić information content (AvgIpc) is 3.43. The van der Waals surface area contributed by atoms with E-state index in [2.05, 4.69) is 47.9 Å². The lowest BCUT2D eigenvalue weighted by atomic mass is 9.96. The molecule has 0 radical (unpaired) electrons. The van der Waals surface area contributed by atoms with Crippen molar-refractivity contribution in [2.75, 3.05) is 19.3 Å². The van der Waals surface area contributed by atoms with E-state index < -0.39 is 9.84 Å². The van der Waals surface area contributed by atoms with E-state index in [1.807, 2.05) is 19.1 Å². The third-order valence-corrected chi connectivity index (χ3v) is 6.67. The second-order valence-electron chi connectivity index (χ2n) is 8.08. The minimum atomic E-state index is -3.19. The molecular formula is C23H31N3O2S. The first kappa shape index (κ1) is 21.4. The van der Waals surface area contributed by atoms with Gasteiger partial charge >= 0.3 is 0 Å². The molecule has 5 nitrogen and oxygen atoms in total. The largest absolute Gasteiger partial charge is 0.357 e. The van der Waals surface area contributed by atoms with Crippen LogP contribution in [0.2, 0.25) is 0 Å². The summed E-state index contributed by atoms with van der Waals surface area (Å²) in [4.78, 5) is 5.08. The van der Waals surface area contributed by atoms with Crippen LogP contribution in [0.4, 0.5) is 0 Å². The number of aryl methyl sites for hydroxylation is 1. The second-order valence-corrected chi connectivity index (χ2v) is 10.1. The maximum atomic E-state index is 11.8. The summed E-state index contributed by atoms with van der Waals surface area (Å²) in [6, 6.07) is 16.1. The first-order valence-electron chi connectivity index (χ1n) is 10.2. The van der Waals surface area contributed by atoms with Gasteiger partial charge in [0.25, 0.3) is 0 Å². The first-order valence-corrected chi connectivity index (χ1v) is 12.1. The highest BCUT2D eigenvalue weighted by atomic mass is 32.2. The van der Waals surface area contributed by atoms with Crippen molar-refractivity contribution in [3.8, 4) is 0 Å². The lowest BCUT2D eigenvalue weighted by Crippen LogP contribution is -2.40. The zero-order chi connectivity index (χ0) is 20.9. The van der Waals surface area contributed by atoms with Crippen LogP contribution in [0, 0.1) is 12.3 Å². The van der Waals surface area contributed by atoms with Crippen molar-refractivity contribution in [3.63, 3.8) is 0 Å². The third-order valence-electron chi connectivity index (χ3n) is 5.41. The van der Waals surface area contributed by atoms with Crippen LogP contribution < -0.4 is 10.6 Å². The number of hydrogen-bond acceptors (Lipinski definition) is 3. The highest BCUT2D eigenvalue weighted by molar-refractivity contribution is 7.90. The summed E-state index contributed by atoms with van der Waals surface area (Å²) in [6.45, 7) is 6.09. The van der Waals surface area contributed by atoms with Crippen molar-refractivity contribution in [2.24, 2.45) is 10.4 Å². The Hall–Kier alpha value is -2.34. The second kappa shape index (κ2) is 8.99. The summed E-state index contributed by atoms with van der Waals surface area (Å²) in [7, 11) is -3.19. The Morgan fingerprint density at radius 3 is 2.38 bits per heavy atom. The van der Waals surface area contributed by atoms with Gasteiger partial charge in [0.2, 0.25) is 0 Å². The highest BCUT2D eigenvalue weighted by Gasteiger charge is 2.42. The summed E-state index contributed by atoms with van der Waals surface area (Å²) < 4.78 is 23.6. The quantitative estimate of drug-likeness (QED) is 0.513. The van der Waals surface area contributed by atoms with Crippen LogP contribution in [-0.2, 0) is 22.8 Å². The van der Waals surface area contributed by atoms with E-state index in [9.17, 15) is 8.42 Å². The molecule has 3 rings (SSSR count). The molecule has 1 aliphatic rings. The van der Waals surface area contributed by atoms with Crippen LogP contribution in [0.1, 0.15) is 36.5 Å². The monoisotopic (exact) mass is 413 g/mol. The predicted octanol–water partition coefficient (Wildman–Crippen LogP) is 3.48. The van der Waals surface area contributed by atoms with E-state index in [-0.39, 0.29) is 0 Å². The summed E-state index contributed by atoms with van der Waals surface area (Å²) in [5, 5.41) is 6.82. The molecule has 0 unspecified atom stereocenters. The number of rotatable bonds is 8. The van der Waals surface area contributed by atoms with Gasteiger partial charge in [0.05, 0.1) is 11.4 Å². The molecule has 29 heavy (non-hydrogen) atoms. The smallest absolute Gasteiger partial charge is 0.191 e. The lowest BCUT2D eigenvalue weighted by Gasteiger charge is -2.19. The summed E-state index contributed by atoms with van der Waals surface area (Å²) in [5.74, 6) is 0.802. The van der Waals surface area contributed by atoms with Crippen molar-refractivity contribution in [3.05, 3.63) is 65.2 Å². The average molecular weight is 414 g/mol. The molecular weight excluding hydrogens is 382 g/mol. The standard InChI is InChI=1S/C23H31N3O2S/c1-4-24-22(25-16-20-10-11-21(18(2)14-20)29(3,27)28)26-17-23(12-13-23)15-19-8-6-5-7-9-19/h5-11,14H,4,12-13,15-17H2,1-3H3,(H2,24,25,26). The minimum absolute atomic E-state index is 0.325. The van der Waals surface area contributed by atoms with Crippen molar-refractivity contribution in [1.82, 2.24) is 10.6 Å². The number of nitrogens with zero attached hydrogens (tertiary/aromatic N) is 1. The van der Waals surface area contributed by atoms with E-state index in [0.29, 0.717) is 16.9 Å². The van der Waals surface area contributed by atoms with Gasteiger partial charge in [0, 0.05) is 19.3 Å². The molecule has 0 amide bonds. The maximum absolute atomic E-state index is 11.8. The molecule has 0 aliphatic heterocycles. The fraction of sp³-hybridized carbons (Fsp3) is 0.435. The molecule has 2 aromatic rings. The fourth-order valence-electron chi connectivity index (χ4n) is 3.63. The van der Waals surface area contributed by atoms with Gasteiger partial charge in [-0.2, -0.15) is 0 Å². The summed E-state index contributed by atoms with van der Waals surface area (Å²) in [5.41, 5.74) is 3.47. The molecule has 0 saturated heterocycles. The molecule has 0 spiro atoms. The molecule has 1 saturated carbocycles. The van der Waals surface area contributed by atoms with Crippen molar-refractivity contribution < 1.29 is 8.42 Å². The predicted molar refractivity (Wildman–Crippen MR) is 119 cm³/mol. The molecule has 2 N–H and O–H groups in total. The number of nitrogens with one attached hydrogen (secondary N) is 2. The van der Waals surface area contributed by atoms with Gasteiger partial charge in [-0.15, -0.1) is 0 Å². The Morgan fingerprint density at radius 2 is 1.79 bits per heavy atom. The zero-order valence-corrected chi connectivity index (χ0v) is 18.3. The zero-order valence-electron chi connectivity index (χ0n) is 17.5. The summed E-state index contributed by atoms with van der Waals surface area (Å²) >= 11 is 0. The van der Waals surface area contributed by atoms with Gasteiger partial charge in [-0.3, -0.25) is 0 Å². The normalized spacial score (nSPS) is 15.8. The molecule has 6 heteroatoms. The van der Waals surface area contributed by atoms with Gasteiger partial charge < -0.3 is 10.6 Å². The van der Waals surface area contributed by atoms with Gasteiger partial charge in [-0.05, 0) is 61.3 Å². The Balaban J connectivity index is 1.62. The Kier molecular flexibility index (Phi) is 6.63. The number of sulfone groups is 1. The first-order chi connectivity index (χ1) is 13.8. The topological polar surface area (TPSA) is 70.6 Å². The van der Waals surface area contributed by atoms with E-state index in [0.717, 1.165) is 36.6 Å². The lowest BCUT2D eigenvalue weighted by molar-refractivity contribution is 0.492. The van der Waals surface area contributed by atoms with Crippen LogP contribution >= 0.6 is 0 Å². The highest BCUT2D eigenvalue weighted by Crippen LogP contribution is 2.47. The molecule has 0 bridgehead atoms. The van der Waals surface area contributed by atoms with Crippen molar-refractivity contribution in [2.45, 2.75) is 44.6 Å². The van der Waals surface area contributed by atoms with Gasteiger partial charge in [-0.25, -0.2) is 13.4 Å². The van der Waals surface area contributed by atoms with E-state index in [1.165, 1.54) is 24.7 Å². The van der Waals surface area contributed by atoms with Gasteiger partial charge in [0.15, 0.2) is 15.8 Å².